The van der Waals surface area contributed by atoms with Gasteiger partial charge in [0.25, 0.3) is 0 Å². The van der Waals surface area contributed by atoms with Crippen molar-refractivity contribution in [2.75, 3.05) is 42.9 Å². The molecule has 0 saturated carbocycles. The Morgan fingerprint density at radius 2 is 1.78 bits per heavy atom. The monoisotopic (exact) mass is 541 g/mol. The molecule has 5 rings (SSSR count). The Bertz CT molecular complexity index is 1090. The summed E-state index contributed by atoms with van der Waals surface area (Å²) in [5.74, 6) is -0.659. The maximum absolute atomic E-state index is 13.9. The zero-order chi connectivity index (χ0) is 25.4. The van der Waals surface area contributed by atoms with E-state index in [0.29, 0.717) is 19.0 Å². The number of aromatic nitrogens is 4. The number of fused-ring (bicyclic) bond motifs is 1. The molecule has 2 aromatic heterocycles. The third-order valence-corrected chi connectivity index (χ3v) is 7.69. The molecule has 0 aromatic carbocycles. The van der Waals surface area contributed by atoms with Crippen LogP contribution in [0.15, 0.2) is 12.5 Å². The van der Waals surface area contributed by atoms with E-state index < -0.39 is 24.4 Å². The normalized spacial score (nSPS) is 21.2. The quantitative estimate of drug-likeness (QED) is 0.572. The molecule has 0 spiro atoms. The summed E-state index contributed by atoms with van der Waals surface area (Å²) in [7, 11) is 0. The fraction of sp³-hybridized carbons (Fsp3) is 0.680. The van der Waals surface area contributed by atoms with Gasteiger partial charge in [0.15, 0.2) is 0 Å². The molecule has 2 aromatic rings. The van der Waals surface area contributed by atoms with Crippen LogP contribution in [0.5, 0.6) is 0 Å². The van der Waals surface area contributed by atoms with Crippen molar-refractivity contribution in [3.8, 4) is 0 Å². The molecule has 0 bridgehead atoms. The molecule has 3 aliphatic rings. The lowest BCUT2D eigenvalue weighted by Crippen LogP contribution is -2.38. The van der Waals surface area contributed by atoms with Crippen LogP contribution in [0, 0.1) is 0 Å². The van der Waals surface area contributed by atoms with Gasteiger partial charge in [-0.3, -0.25) is 4.79 Å². The molecule has 3 aliphatic heterocycles. The summed E-state index contributed by atoms with van der Waals surface area (Å²) < 4.78 is 43.9. The number of hydrogen-bond acceptors (Lipinski definition) is 6. The summed E-state index contributed by atoms with van der Waals surface area (Å²) in [4.78, 5) is 29.5. The summed E-state index contributed by atoms with van der Waals surface area (Å²) in [5, 5.41) is 2.50. The second-order valence-electron chi connectivity index (χ2n) is 10.5. The molecule has 1 N–H and O–H groups in total. The molecule has 8 nitrogen and oxygen atoms in total. The van der Waals surface area contributed by atoms with Gasteiger partial charge in [-0.25, -0.2) is 15.0 Å². The molecule has 1 atom stereocenters. The van der Waals surface area contributed by atoms with Gasteiger partial charge in [-0.05, 0) is 44.7 Å². The van der Waals surface area contributed by atoms with Gasteiger partial charge in [-0.15, -0.1) is 12.4 Å². The van der Waals surface area contributed by atoms with E-state index in [1.807, 2.05) is 4.90 Å². The molecule has 0 aliphatic carbocycles. The highest BCUT2D eigenvalue weighted by molar-refractivity contribution is 5.94. The highest BCUT2D eigenvalue weighted by Gasteiger charge is 2.48. The Labute approximate surface area is 221 Å². The van der Waals surface area contributed by atoms with Crippen molar-refractivity contribution in [2.45, 2.75) is 76.4 Å². The SMILES string of the molecule is CC(C)c1cn(CCN2CCCC2)c(C2CCN(c3ncnc4c3C(C(F)(F)F)CC(=O)N4)CC2)n1.Cl. The van der Waals surface area contributed by atoms with Gasteiger partial charge in [0, 0.05) is 44.7 Å². The molecule has 1 amide bonds. The lowest BCUT2D eigenvalue weighted by Gasteiger charge is -2.36. The van der Waals surface area contributed by atoms with Gasteiger partial charge in [0.2, 0.25) is 5.91 Å². The van der Waals surface area contributed by atoms with Crippen molar-refractivity contribution in [1.29, 1.82) is 0 Å². The first kappa shape index (κ1) is 27.6. The molecule has 2 saturated heterocycles. The van der Waals surface area contributed by atoms with Crippen molar-refractivity contribution >= 4 is 29.9 Å². The average Bonchev–Trinajstić information content (AvgIpc) is 3.51. The van der Waals surface area contributed by atoms with E-state index in [1.54, 1.807) is 0 Å². The van der Waals surface area contributed by atoms with Crippen LogP contribution in [-0.2, 0) is 11.3 Å². The van der Waals surface area contributed by atoms with Crippen LogP contribution in [0.1, 0.15) is 80.8 Å². The maximum atomic E-state index is 13.9. The van der Waals surface area contributed by atoms with E-state index in [9.17, 15) is 18.0 Å². The number of anilines is 2. The Balaban J connectivity index is 0.00000320. The Kier molecular flexibility index (Phi) is 8.32. The first-order valence-corrected chi connectivity index (χ1v) is 13.0. The largest absolute Gasteiger partial charge is 0.396 e. The van der Waals surface area contributed by atoms with Crippen LogP contribution in [0.4, 0.5) is 24.8 Å². The number of imidazole rings is 1. The van der Waals surface area contributed by atoms with E-state index >= 15 is 0 Å². The van der Waals surface area contributed by atoms with Gasteiger partial charge in [0.05, 0.1) is 17.2 Å². The van der Waals surface area contributed by atoms with Crippen LogP contribution in [0.25, 0.3) is 0 Å². The van der Waals surface area contributed by atoms with Crippen LogP contribution in [0.3, 0.4) is 0 Å². The zero-order valence-corrected chi connectivity index (χ0v) is 22.1. The molecule has 12 heteroatoms. The number of rotatable bonds is 6. The summed E-state index contributed by atoms with van der Waals surface area (Å²) in [6, 6.07) is 0. The second-order valence-corrected chi connectivity index (χ2v) is 10.5. The summed E-state index contributed by atoms with van der Waals surface area (Å²) in [5.41, 5.74) is 1.07. The smallest absolute Gasteiger partial charge is 0.356 e. The third-order valence-electron chi connectivity index (χ3n) is 7.69. The minimum atomic E-state index is -4.54. The summed E-state index contributed by atoms with van der Waals surface area (Å²) in [6.07, 6.45) is 2.31. The van der Waals surface area contributed by atoms with Gasteiger partial charge in [0.1, 0.15) is 23.8 Å². The predicted octanol–water partition coefficient (Wildman–Crippen LogP) is 4.69. The highest BCUT2D eigenvalue weighted by Crippen LogP contribution is 2.46. The van der Waals surface area contributed by atoms with Crippen LogP contribution < -0.4 is 10.2 Å². The lowest BCUT2D eigenvalue weighted by atomic mass is 9.90. The Morgan fingerprint density at radius 3 is 2.43 bits per heavy atom. The van der Waals surface area contributed by atoms with E-state index in [2.05, 4.69) is 44.8 Å². The van der Waals surface area contributed by atoms with Crippen LogP contribution in [-0.4, -0.2) is 69.2 Å². The molecule has 1 unspecified atom stereocenters. The van der Waals surface area contributed by atoms with Crippen molar-refractivity contribution in [1.82, 2.24) is 24.4 Å². The van der Waals surface area contributed by atoms with Gasteiger partial charge >= 0.3 is 6.18 Å². The van der Waals surface area contributed by atoms with Gasteiger partial charge < -0.3 is 19.7 Å². The Morgan fingerprint density at radius 1 is 1.08 bits per heavy atom. The molecule has 0 radical (unpaired) electrons. The minimum absolute atomic E-state index is 0. The lowest BCUT2D eigenvalue weighted by molar-refractivity contribution is -0.156. The number of hydrogen-bond donors (Lipinski definition) is 1. The van der Waals surface area contributed by atoms with Crippen molar-refractivity contribution in [2.24, 2.45) is 0 Å². The fourth-order valence-corrected chi connectivity index (χ4v) is 5.65. The topological polar surface area (TPSA) is 79.2 Å². The number of carbonyl (C=O) groups excluding carboxylic acids is 1. The number of likely N-dealkylation sites (tertiary alicyclic amines) is 1. The van der Waals surface area contributed by atoms with E-state index in [-0.39, 0.29) is 35.5 Å². The standard InChI is InChI=1S/C25H34F3N7O.ClH/c1-16(2)19-14-35(12-11-33-7-3-4-8-33)23(31-19)17-5-9-34(10-6-17)24-21-18(25(26,27)28)13-20(36)32-22(21)29-15-30-24;/h14-18H,3-13H2,1-2H3,(H,29,30,32,36);1H. The molecular weight excluding hydrogens is 507 g/mol. The second kappa shape index (κ2) is 11.1. The molecule has 2 fully saturated rings. The first-order chi connectivity index (χ1) is 17.2. The molecule has 5 heterocycles. The number of amides is 1. The number of piperidine rings is 1. The van der Waals surface area contributed by atoms with Gasteiger partial charge in [-0.1, -0.05) is 13.8 Å². The minimum Gasteiger partial charge on any atom is -0.356 e. The highest BCUT2D eigenvalue weighted by atomic mass is 35.5. The van der Waals surface area contributed by atoms with Crippen LogP contribution in [0.2, 0.25) is 0 Å². The van der Waals surface area contributed by atoms with Crippen LogP contribution >= 0.6 is 12.4 Å². The fourth-order valence-electron chi connectivity index (χ4n) is 5.65. The zero-order valence-electron chi connectivity index (χ0n) is 21.3. The van der Waals surface area contributed by atoms with Crippen molar-refractivity contribution in [3.63, 3.8) is 0 Å². The number of nitrogens with one attached hydrogen (secondary N) is 1. The molecular formula is C25H35ClF3N7O. The maximum Gasteiger partial charge on any atom is 0.396 e. The third kappa shape index (κ3) is 5.87. The Hall–Kier alpha value is -2.40. The number of alkyl halides is 3. The predicted molar refractivity (Wildman–Crippen MR) is 138 cm³/mol. The van der Waals surface area contributed by atoms with E-state index in [1.165, 1.54) is 19.2 Å². The van der Waals surface area contributed by atoms with Gasteiger partial charge in [-0.2, -0.15) is 13.2 Å². The summed E-state index contributed by atoms with van der Waals surface area (Å²) >= 11 is 0. The first-order valence-electron chi connectivity index (χ1n) is 13.0. The summed E-state index contributed by atoms with van der Waals surface area (Å²) in [6.45, 7) is 9.66. The van der Waals surface area contributed by atoms with Crippen molar-refractivity contribution < 1.29 is 18.0 Å². The number of halogens is 4. The van der Waals surface area contributed by atoms with Crippen molar-refractivity contribution in [3.05, 3.63) is 29.6 Å². The number of nitrogens with zero attached hydrogens (tertiary/aromatic N) is 6. The molecule has 37 heavy (non-hydrogen) atoms. The van der Waals surface area contributed by atoms with E-state index in [4.69, 9.17) is 4.98 Å². The van der Waals surface area contributed by atoms with E-state index in [0.717, 1.165) is 50.5 Å². The average molecular weight is 542 g/mol. The molecule has 204 valence electrons. The number of carbonyl (C=O) groups is 1.